The number of ether oxygens (including phenoxy) is 2. The first-order valence-corrected chi connectivity index (χ1v) is 8.77. The van der Waals surface area contributed by atoms with Gasteiger partial charge in [0, 0.05) is 12.6 Å². The van der Waals surface area contributed by atoms with Crippen LogP contribution in [0.15, 0.2) is 53.1 Å². The Kier molecular flexibility index (Phi) is 6.24. The zero-order valence-electron chi connectivity index (χ0n) is 16.1. The summed E-state index contributed by atoms with van der Waals surface area (Å²) in [6.45, 7) is -0.411. The van der Waals surface area contributed by atoms with Crippen molar-refractivity contribution >= 4 is 5.91 Å². The highest BCUT2D eigenvalue weighted by atomic mass is 19.4. The summed E-state index contributed by atoms with van der Waals surface area (Å²) in [6, 6.07) is 11.4. The minimum Gasteiger partial charge on any atom is -0.497 e. The number of carbonyl (C=O) groups is 1. The van der Waals surface area contributed by atoms with Crippen molar-refractivity contribution in [3.8, 4) is 22.9 Å². The molecule has 0 saturated carbocycles. The molecule has 0 radical (unpaired) electrons. The number of halogens is 3. The van der Waals surface area contributed by atoms with Gasteiger partial charge in [-0.1, -0.05) is 11.2 Å². The molecule has 1 heterocycles. The Morgan fingerprint density at radius 3 is 2.53 bits per heavy atom. The van der Waals surface area contributed by atoms with Crippen LogP contribution < -0.4 is 9.47 Å². The maximum Gasteiger partial charge on any atom is 0.416 e. The zero-order chi connectivity index (χ0) is 21.7. The topological polar surface area (TPSA) is 77.7 Å². The Labute approximate surface area is 170 Å². The normalized spacial score (nSPS) is 11.2. The highest BCUT2D eigenvalue weighted by Crippen LogP contribution is 2.31. The van der Waals surface area contributed by atoms with Crippen LogP contribution in [-0.2, 0) is 17.5 Å². The van der Waals surface area contributed by atoms with Crippen LogP contribution in [0.2, 0.25) is 0 Å². The average Bonchev–Trinajstić information content (AvgIpc) is 3.20. The van der Waals surface area contributed by atoms with Crippen molar-refractivity contribution in [2.45, 2.75) is 12.7 Å². The first-order chi connectivity index (χ1) is 14.3. The summed E-state index contributed by atoms with van der Waals surface area (Å²) in [5, 5.41) is 3.88. The van der Waals surface area contributed by atoms with E-state index >= 15 is 0 Å². The number of rotatable bonds is 7. The van der Waals surface area contributed by atoms with E-state index in [4.69, 9.17) is 14.0 Å². The number of methoxy groups -OCH3 is 1. The molecular weight excluding hydrogens is 403 g/mol. The lowest BCUT2D eigenvalue weighted by Gasteiger charge is -2.15. The number of hydrogen-bond donors (Lipinski definition) is 0. The molecule has 0 bridgehead atoms. The molecule has 30 heavy (non-hydrogen) atoms. The van der Waals surface area contributed by atoms with Gasteiger partial charge in [-0.05, 0) is 42.5 Å². The fraction of sp³-hybridized carbons (Fsp3) is 0.250. The third-order valence-corrected chi connectivity index (χ3v) is 4.14. The van der Waals surface area contributed by atoms with Crippen molar-refractivity contribution in [2.75, 3.05) is 20.8 Å². The van der Waals surface area contributed by atoms with Gasteiger partial charge in [-0.3, -0.25) is 4.79 Å². The number of hydrogen-bond acceptors (Lipinski definition) is 6. The second kappa shape index (κ2) is 8.85. The summed E-state index contributed by atoms with van der Waals surface area (Å²) in [6.07, 6.45) is -4.49. The quantitative estimate of drug-likeness (QED) is 0.578. The van der Waals surface area contributed by atoms with Crippen LogP contribution in [0.25, 0.3) is 11.4 Å². The van der Waals surface area contributed by atoms with Crippen LogP contribution in [0.5, 0.6) is 11.5 Å². The fourth-order valence-electron chi connectivity index (χ4n) is 2.48. The van der Waals surface area contributed by atoms with Gasteiger partial charge in [0.05, 0.1) is 19.2 Å². The lowest BCUT2D eigenvalue weighted by molar-refractivity contribution is -0.137. The largest absolute Gasteiger partial charge is 0.497 e. The van der Waals surface area contributed by atoms with Gasteiger partial charge in [-0.25, -0.2) is 0 Å². The highest BCUT2D eigenvalue weighted by Gasteiger charge is 2.30. The predicted octanol–water partition coefficient (Wildman–Crippen LogP) is 3.80. The van der Waals surface area contributed by atoms with E-state index in [2.05, 4.69) is 10.1 Å². The summed E-state index contributed by atoms with van der Waals surface area (Å²) in [5.74, 6) is 0.737. The van der Waals surface area contributed by atoms with Crippen LogP contribution in [-0.4, -0.2) is 41.7 Å². The van der Waals surface area contributed by atoms with Gasteiger partial charge >= 0.3 is 6.18 Å². The molecule has 0 aliphatic heterocycles. The zero-order valence-corrected chi connectivity index (χ0v) is 16.1. The lowest BCUT2D eigenvalue weighted by atomic mass is 10.2. The summed E-state index contributed by atoms with van der Waals surface area (Å²) in [5.41, 5.74) is -0.134. The van der Waals surface area contributed by atoms with E-state index in [1.807, 2.05) is 0 Å². The van der Waals surface area contributed by atoms with E-state index in [1.165, 1.54) is 24.1 Å². The number of nitrogens with zero attached hydrogens (tertiary/aromatic N) is 3. The number of carbonyl (C=O) groups excluding carboxylic acids is 1. The molecule has 3 rings (SSSR count). The molecule has 3 aromatic rings. The van der Waals surface area contributed by atoms with Gasteiger partial charge in [0.15, 0.2) is 6.61 Å². The molecular formula is C20H18F3N3O4. The summed E-state index contributed by atoms with van der Waals surface area (Å²) >= 11 is 0. The van der Waals surface area contributed by atoms with Gasteiger partial charge in [0.25, 0.3) is 5.91 Å². The maximum atomic E-state index is 12.7. The smallest absolute Gasteiger partial charge is 0.416 e. The van der Waals surface area contributed by atoms with Crippen LogP contribution >= 0.6 is 0 Å². The molecule has 0 aliphatic rings. The lowest BCUT2D eigenvalue weighted by Crippen LogP contribution is -2.31. The van der Waals surface area contributed by atoms with Gasteiger partial charge in [0.2, 0.25) is 11.7 Å². The number of likely N-dealkylation sites (N-methyl/N-ethyl adjacent to an activating group) is 1. The second-order valence-corrected chi connectivity index (χ2v) is 6.30. The van der Waals surface area contributed by atoms with Crippen molar-refractivity contribution in [1.82, 2.24) is 15.0 Å². The van der Waals surface area contributed by atoms with Crippen molar-refractivity contribution in [1.29, 1.82) is 0 Å². The molecule has 0 fully saturated rings. The first-order valence-electron chi connectivity index (χ1n) is 8.77. The highest BCUT2D eigenvalue weighted by molar-refractivity contribution is 5.77. The number of benzene rings is 2. The van der Waals surface area contributed by atoms with Crippen LogP contribution in [0.4, 0.5) is 13.2 Å². The van der Waals surface area contributed by atoms with E-state index in [1.54, 1.807) is 31.4 Å². The van der Waals surface area contributed by atoms with Crippen molar-refractivity contribution < 1.29 is 32.0 Å². The van der Waals surface area contributed by atoms with Gasteiger partial charge < -0.3 is 18.9 Å². The van der Waals surface area contributed by atoms with E-state index in [0.29, 0.717) is 17.1 Å². The number of aromatic nitrogens is 2. The Bertz CT molecular complexity index is 1000. The second-order valence-electron chi connectivity index (χ2n) is 6.30. The van der Waals surface area contributed by atoms with Crippen LogP contribution in [0, 0.1) is 0 Å². The minimum absolute atomic E-state index is 0.0218. The summed E-state index contributed by atoms with van der Waals surface area (Å²) < 4.78 is 53.7. The van der Waals surface area contributed by atoms with E-state index in [0.717, 1.165) is 12.1 Å². The van der Waals surface area contributed by atoms with Crippen molar-refractivity contribution in [3.05, 3.63) is 60.0 Å². The molecule has 0 aliphatic carbocycles. The molecule has 1 amide bonds. The van der Waals surface area contributed by atoms with E-state index in [9.17, 15) is 18.0 Å². The number of alkyl halides is 3. The van der Waals surface area contributed by atoms with Crippen molar-refractivity contribution in [2.24, 2.45) is 0 Å². The SMILES string of the molecule is COc1ccc(-c2noc(CN(C)C(=O)COc3cccc(C(F)(F)F)c3)n2)cc1. The Balaban J connectivity index is 1.56. The molecule has 0 N–H and O–H groups in total. The van der Waals surface area contributed by atoms with E-state index in [-0.39, 0.29) is 18.2 Å². The molecule has 1 aromatic heterocycles. The third kappa shape index (κ3) is 5.28. The van der Waals surface area contributed by atoms with Gasteiger partial charge in [-0.2, -0.15) is 18.2 Å². The van der Waals surface area contributed by atoms with Gasteiger partial charge in [-0.15, -0.1) is 0 Å². The monoisotopic (exact) mass is 421 g/mol. The molecule has 158 valence electrons. The molecule has 7 nitrogen and oxygen atoms in total. The molecule has 10 heteroatoms. The summed E-state index contributed by atoms with van der Waals surface area (Å²) in [7, 11) is 3.06. The predicted molar refractivity (Wildman–Crippen MR) is 99.7 cm³/mol. The molecule has 0 saturated heterocycles. The molecule has 2 aromatic carbocycles. The average molecular weight is 421 g/mol. The maximum absolute atomic E-state index is 12.7. The van der Waals surface area contributed by atoms with Crippen LogP contribution in [0.1, 0.15) is 11.5 Å². The van der Waals surface area contributed by atoms with Gasteiger partial charge in [0.1, 0.15) is 11.5 Å². The molecule has 0 unspecified atom stereocenters. The third-order valence-electron chi connectivity index (χ3n) is 4.14. The Hall–Kier alpha value is -3.56. The van der Waals surface area contributed by atoms with Crippen LogP contribution in [0.3, 0.4) is 0 Å². The fourth-order valence-corrected chi connectivity index (χ4v) is 2.48. The van der Waals surface area contributed by atoms with Crippen molar-refractivity contribution in [3.63, 3.8) is 0 Å². The Morgan fingerprint density at radius 2 is 1.87 bits per heavy atom. The minimum atomic E-state index is -4.49. The standard InChI is InChI=1S/C20H18F3N3O4/c1-26(18(27)12-29-16-5-3-4-14(10-16)20(21,22)23)11-17-24-19(25-30-17)13-6-8-15(28-2)9-7-13/h3-10H,11-12H2,1-2H3. The van der Waals surface area contributed by atoms with E-state index < -0.39 is 24.3 Å². The summed E-state index contributed by atoms with van der Waals surface area (Å²) in [4.78, 5) is 17.7. The molecule has 0 atom stereocenters. The molecule has 0 spiro atoms. The first kappa shape index (κ1) is 21.2. The Morgan fingerprint density at radius 1 is 1.13 bits per heavy atom. The number of amides is 1.